The van der Waals surface area contributed by atoms with Gasteiger partial charge in [-0.25, -0.2) is 0 Å². The molecule has 0 saturated heterocycles. The lowest BCUT2D eigenvalue weighted by Gasteiger charge is -2.19. The van der Waals surface area contributed by atoms with E-state index in [0.29, 0.717) is 11.8 Å². The molecule has 0 aromatic carbocycles. The zero-order valence-corrected chi connectivity index (χ0v) is 21.0. The van der Waals surface area contributed by atoms with Crippen LogP contribution in [0.25, 0.3) is 17.7 Å². The Morgan fingerprint density at radius 2 is 1.56 bits per heavy atom. The van der Waals surface area contributed by atoms with Gasteiger partial charge in [0.15, 0.2) is 6.20 Å². The second-order valence-corrected chi connectivity index (χ2v) is 10.4. The van der Waals surface area contributed by atoms with Crippen LogP contribution in [0.1, 0.15) is 37.5 Å². The van der Waals surface area contributed by atoms with Gasteiger partial charge in [-0.15, -0.1) is 9.24 Å². The van der Waals surface area contributed by atoms with Crippen LogP contribution in [-0.4, -0.2) is 19.4 Å². The van der Waals surface area contributed by atoms with Crippen LogP contribution in [0.15, 0.2) is 71.7 Å². The molecule has 0 fully saturated rings. The number of rotatable bonds is 3. The number of aryl methyl sites for hydroxylation is 1. The summed E-state index contributed by atoms with van der Waals surface area (Å²) in [5.41, 5.74) is 6.74. The molecule has 0 saturated carbocycles. The molecule has 0 radical (unpaired) electrons. The topological polar surface area (TPSA) is 22.3 Å². The lowest BCUT2D eigenvalue weighted by Crippen LogP contribution is -2.32. The standard InChI is InChI=1S/C28H33NO2P/c1-18-7-11-20-15-28(3,32)16-24(30-5)25(22(20)13-9-18)26-23-14-10-19(2)8-12-21(23)17-29(4)27(26)31-6/h7-19H,32H2,1-6H3/q+1. The molecule has 4 heteroatoms. The average Bonchev–Trinajstić information content (AvgIpc) is 3.08. The molecule has 0 bridgehead atoms. The van der Waals surface area contributed by atoms with Crippen LogP contribution in [0.5, 0.6) is 5.88 Å². The van der Waals surface area contributed by atoms with Gasteiger partial charge in [0.2, 0.25) is 0 Å². The van der Waals surface area contributed by atoms with E-state index in [-0.39, 0.29) is 5.16 Å². The van der Waals surface area contributed by atoms with E-state index in [1.807, 2.05) is 7.05 Å². The van der Waals surface area contributed by atoms with Crippen LogP contribution in [0, 0.1) is 11.8 Å². The third kappa shape index (κ3) is 4.19. The quantitative estimate of drug-likeness (QED) is 0.432. The van der Waals surface area contributed by atoms with E-state index in [4.69, 9.17) is 9.47 Å². The SMILES string of the molecule is COC1=CC(C)(P)C=C2C=CC(C)C=CC2=C1c1c2c(c[n+](C)c1OC)C=CC(C)C=C2. The number of hydrogen-bond acceptors (Lipinski definition) is 2. The Hall–Kier alpha value is -2.64. The Balaban J connectivity index is 2.17. The van der Waals surface area contributed by atoms with E-state index in [1.165, 1.54) is 5.57 Å². The molecule has 4 unspecified atom stereocenters. The molecule has 3 aliphatic rings. The lowest BCUT2D eigenvalue weighted by atomic mass is 9.89. The van der Waals surface area contributed by atoms with Gasteiger partial charge in [0.05, 0.1) is 14.2 Å². The highest BCUT2D eigenvalue weighted by atomic mass is 31.0. The van der Waals surface area contributed by atoms with Crippen molar-refractivity contribution in [3.8, 4) is 5.88 Å². The maximum Gasteiger partial charge on any atom is 0.376 e. The van der Waals surface area contributed by atoms with Crippen LogP contribution in [0.4, 0.5) is 0 Å². The van der Waals surface area contributed by atoms with Gasteiger partial charge in [0, 0.05) is 21.9 Å². The molecule has 166 valence electrons. The van der Waals surface area contributed by atoms with Crippen LogP contribution < -0.4 is 9.30 Å². The third-order valence-corrected chi connectivity index (χ3v) is 6.47. The summed E-state index contributed by atoms with van der Waals surface area (Å²) < 4.78 is 14.1. The number of methoxy groups -OCH3 is 2. The first-order chi connectivity index (χ1) is 15.2. The minimum atomic E-state index is -0.245. The monoisotopic (exact) mass is 446 g/mol. The summed E-state index contributed by atoms with van der Waals surface area (Å²) >= 11 is 0. The molecule has 4 rings (SSSR count). The van der Waals surface area contributed by atoms with Gasteiger partial charge in [-0.3, -0.25) is 0 Å². The maximum atomic E-state index is 6.06. The van der Waals surface area contributed by atoms with E-state index in [9.17, 15) is 0 Å². The van der Waals surface area contributed by atoms with Crippen molar-refractivity contribution in [2.24, 2.45) is 18.9 Å². The zero-order valence-electron chi connectivity index (χ0n) is 19.8. The van der Waals surface area contributed by atoms with Gasteiger partial charge >= 0.3 is 5.88 Å². The first kappa shape index (κ1) is 22.6. The molecule has 0 amide bonds. The molecule has 0 aliphatic heterocycles. The van der Waals surface area contributed by atoms with E-state index in [1.54, 1.807) is 14.2 Å². The van der Waals surface area contributed by atoms with Gasteiger partial charge < -0.3 is 9.47 Å². The smallest absolute Gasteiger partial charge is 0.376 e. The van der Waals surface area contributed by atoms with Crippen molar-refractivity contribution in [3.05, 3.63) is 88.4 Å². The second kappa shape index (κ2) is 8.71. The van der Waals surface area contributed by atoms with E-state index in [0.717, 1.165) is 39.5 Å². The van der Waals surface area contributed by atoms with Crippen molar-refractivity contribution < 1.29 is 14.0 Å². The number of allylic oxidation sites excluding steroid dienone is 11. The fourth-order valence-corrected chi connectivity index (χ4v) is 4.86. The summed E-state index contributed by atoms with van der Waals surface area (Å²) in [6.07, 6.45) is 24.5. The number of ether oxygens (including phenoxy) is 2. The lowest BCUT2D eigenvalue weighted by molar-refractivity contribution is -0.676. The fraction of sp³-hybridized carbons (Fsp3) is 0.321. The van der Waals surface area contributed by atoms with Crippen LogP contribution in [0.3, 0.4) is 0 Å². The van der Waals surface area contributed by atoms with E-state index in [2.05, 4.69) is 102 Å². The molecule has 3 aliphatic carbocycles. The van der Waals surface area contributed by atoms with Crippen molar-refractivity contribution in [2.45, 2.75) is 25.9 Å². The Labute approximate surface area is 194 Å². The Bertz CT molecular complexity index is 1160. The van der Waals surface area contributed by atoms with Crippen LogP contribution in [-0.2, 0) is 11.8 Å². The van der Waals surface area contributed by atoms with Crippen molar-refractivity contribution in [1.29, 1.82) is 0 Å². The Morgan fingerprint density at radius 1 is 0.906 bits per heavy atom. The summed E-state index contributed by atoms with van der Waals surface area (Å²) in [5, 5.41) is -0.245. The Kier molecular flexibility index (Phi) is 6.14. The summed E-state index contributed by atoms with van der Waals surface area (Å²) in [6.45, 7) is 6.59. The number of nitrogens with zero attached hydrogens (tertiary/aromatic N) is 1. The number of fused-ring (bicyclic) bond motifs is 2. The predicted molar refractivity (Wildman–Crippen MR) is 137 cm³/mol. The van der Waals surface area contributed by atoms with Crippen LogP contribution >= 0.6 is 9.24 Å². The molecular formula is C28H33NO2P+. The summed E-state index contributed by atoms with van der Waals surface area (Å²) in [4.78, 5) is 0. The largest absolute Gasteiger partial charge is 0.496 e. The van der Waals surface area contributed by atoms with Gasteiger partial charge in [-0.2, -0.15) is 4.57 Å². The van der Waals surface area contributed by atoms with Gasteiger partial charge in [-0.1, -0.05) is 68.5 Å². The highest BCUT2D eigenvalue weighted by molar-refractivity contribution is 7.19. The molecule has 1 aromatic heterocycles. The first-order valence-corrected chi connectivity index (χ1v) is 11.7. The normalized spacial score (nSPS) is 26.5. The summed E-state index contributed by atoms with van der Waals surface area (Å²) in [5.74, 6) is 2.38. The molecule has 32 heavy (non-hydrogen) atoms. The molecule has 4 atom stereocenters. The van der Waals surface area contributed by atoms with Gasteiger partial charge in [0.1, 0.15) is 18.4 Å². The highest BCUT2D eigenvalue weighted by Crippen LogP contribution is 2.45. The minimum absolute atomic E-state index is 0.245. The predicted octanol–water partition coefficient (Wildman–Crippen LogP) is 5.82. The van der Waals surface area contributed by atoms with Crippen molar-refractivity contribution in [2.75, 3.05) is 14.2 Å². The second-order valence-electron chi connectivity index (χ2n) is 9.12. The molecule has 1 aromatic rings. The summed E-state index contributed by atoms with van der Waals surface area (Å²) in [7, 11) is 8.49. The highest BCUT2D eigenvalue weighted by Gasteiger charge is 2.33. The third-order valence-electron chi connectivity index (χ3n) is 6.14. The van der Waals surface area contributed by atoms with Gasteiger partial charge in [0.25, 0.3) is 0 Å². The number of aromatic nitrogens is 1. The van der Waals surface area contributed by atoms with Crippen LogP contribution in [0.2, 0.25) is 0 Å². The molecular weight excluding hydrogens is 413 g/mol. The maximum absolute atomic E-state index is 6.06. The van der Waals surface area contributed by atoms with Crippen molar-refractivity contribution in [1.82, 2.24) is 0 Å². The summed E-state index contributed by atoms with van der Waals surface area (Å²) in [6, 6.07) is 0. The Morgan fingerprint density at radius 3 is 2.25 bits per heavy atom. The fourth-order valence-electron chi connectivity index (χ4n) is 4.53. The average molecular weight is 447 g/mol. The number of pyridine rings is 1. The van der Waals surface area contributed by atoms with Crippen molar-refractivity contribution in [3.63, 3.8) is 0 Å². The van der Waals surface area contributed by atoms with E-state index >= 15 is 0 Å². The number of hydrogen-bond donors (Lipinski definition) is 0. The van der Waals surface area contributed by atoms with Crippen molar-refractivity contribution >= 4 is 27.0 Å². The molecule has 1 heterocycles. The van der Waals surface area contributed by atoms with E-state index < -0.39 is 0 Å². The zero-order chi connectivity index (χ0) is 23.0. The first-order valence-electron chi connectivity index (χ1n) is 11.1. The molecule has 0 N–H and O–H groups in total. The molecule has 3 nitrogen and oxygen atoms in total. The molecule has 0 spiro atoms. The minimum Gasteiger partial charge on any atom is -0.496 e. The van der Waals surface area contributed by atoms with Gasteiger partial charge in [-0.05, 0) is 36.0 Å².